The van der Waals surface area contributed by atoms with E-state index in [1.54, 1.807) is 27.7 Å². The molecule has 2 atom stereocenters. The van der Waals surface area contributed by atoms with Gasteiger partial charge in [0, 0.05) is 64.0 Å². The van der Waals surface area contributed by atoms with E-state index in [-0.39, 0.29) is 36.7 Å². The smallest absolute Gasteiger partial charge is 0.272 e. The maximum absolute atomic E-state index is 14.1. The predicted molar refractivity (Wildman–Crippen MR) is 179 cm³/mol. The van der Waals surface area contributed by atoms with E-state index in [9.17, 15) is 18.4 Å². The van der Waals surface area contributed by atoms with Crippen molar-refractivity contribution in [3.8, 4) is 0 Å². The Morgan fingerprint density at radius 3 is 2.52 bits per heavy atom. The number of anilines is 2. The van der Waals surface area contributed by atoms with Crippen LogP contribution in [0.2, 0.25) is 0 Å². The number of aryl methyl sites for hydroxylation is 4. The molecule has 1 amide bonds. The molecule has 2 aromatic carbocycles. The Morgan fingerprint density at radius 1 is 1.02 bits per heavy atom. The second-order valence-corrected chi connectivity index (χ2v) is 14.0. The molecular weight excluding hydrogens is 618 g/mol. The molecule has 3 aliphatic heterocycles. The van der Waals surface area contributed by atoms with Crippen molar-refractivity contribution >= 4 is 28.2 Å². The minimum absolute atomic E-state index is 0.0675. The van der Waals surface area contributed by atoms with Gasteiger partial charge in [0.15, 0.2) is 0 Å². The van der Waals surface area contributed by atoms with Gasteiger partial charge >= 0.3 is 0 Å². The van der Waals surface area contributed by atoms with Gasteiger partial charge in [0.2, 0.25) is 5.91 Å². The Balaban J connectivity index is 1.16. The fraction of sp³-hybridized carbons (Fsp3) is 0.514. The summed E-state index contributed by atoms with van der Waals surface area (Å²) in [7, 11) is 3.70. The Hall–Kier alpha value is -4.23. The standard InChI is InChI=1S/C35H42F2N8O3/c1-22(44-19-35(36,37)20-44)29-18-43(14-15-48-29)24-7-8-25-27(17-24)39-30(10-11-31-40-38-21-41(31)4)45(32(25)46)13-12-23-6-9-26-28(16-23)42(5)33(47)34(26,2)3/h6-9,16-17,21-22,29H,10-15,18-20H2,1-5H3/t22?,29-/m1/s1. The first kappa shape index (κ1) is 32.3. The van der Waals surface area contributed by atoms with Crippen molar-refractivity contribution in [1.29, 1.82) is 0 Å². The number of rotatable bonds is 9. The van der Waals surface area contributed by atoms with E-state index < -0.39 is 11.3 Å². The summed E-state index contributed by atoms with van der Waals surface area (Å²) in [6.45, 7) is 7.48. The second-order valence-electron chi connectivity index (χ2n) is 14.0. The van der Waals surface area contributed by atoms with E-state index in [1.807, 2.05) is 62.7 Å². The van der Waals surface area contributed by atoms with E-state index in [0.717, 1.165) is 28.3 Å². The molecule has 0 saturated carbocycles. The van der Waals surface area contributed by atoms with E-state index in [4.69, 9.17) is 9.72 Å². The molecule has 0 radical (unpaired) electrons. The Labute approximate surface area is 278 Å². The number of hydrogen-bond donors (Lipinski definition) is 0. The highest BCUT2D eigenvalue weighted by Crippen LogP contribution is 2.41. The fourth-order valence-electron chi connectivity index (χ4n) is 7.33. The lowest BCUT2D eigenvalue weighted by atomic mass is 9.86. The van der Waals surface area contributed by atoms with Crippen molar-refractivity contribution in [3.63, 3.8) is 0 Å². The van der Waals surface area contributed by atoms with Crippen molar-refractivity contribution < 1.29 is 18.3 Å². The van der Waals surface area contributed by atoms with Gasteiger partial charge < -0.3 is 19.1 Å². The van der Waals surface area contributed by atoms with Crippen LogP contribution < -0.4 is 15.4 Å². The van der Waals surface area contributed by atoms with Crippen molar-refractivity contribution in [3.05, 3.63) is 75.9 Å². The fourth-order valence-corrected chi connectivity index (χ4v) is 7.33. The van der Waals surface area contributed by atoms with Crippen LogP contribution in [-0.4, -0.2) is 93.0 Å². The number of morpholine rings is 1. The van der Waals surface area contributed by atoms with Crippen LogP contribution in [0.25, 0.3) is 10.9 Å². The zero-order valence-electron chi connectivity index (χ0n) is 28.1. The Morgan fingerprint density at radius 2 is 1.79 bits per heavy atom. The molecule has 1 unspecified atom stereocenters. The molecule has 7 rings (SSSR count). The number of aromatic nitrogens is 5. The average molecular weight is 661 g/mol. The predicted octanol–water partition coefficient (Wildman–Crippen LogP) is 3.35. The van der Waals surface area contributed by atoms with Crippen LogP contribution in [0.5, 0.6) is 0 Å². The summed E-state index contributed by atoms with van der Waals surface area (Å²) in [5.41, 5.74) is 3.80. The number of halogens is 2. The summed E-state index contributed by atoms with van der Waals surface area (Å²) in [4.78, 5) is 37.7. The summed E-state index contributed by atoms with van der Waals surface area (Å²) in [5.74, 6) is -1.10. The van der Waals surface area contributed by atoms with Crippen LogP contribution in [-0.2, 0) is 47.8 Å². The van der Waals surface area contributed by atoms with Crippen LogP contribution in [0.1, 0.15) is 43.5 Å². The molecule has 0 N–H and O–H groups in total. The summed E-state index contributed by atoms with van der Waals surface area (Å²) in [6.07, 6.45) is 3.09. The molecule has 0 spiro atoms. The number of carbonyl (C=O) groups is 1. The number of alkyl halides is 2. The number of likely N-dealkylation sites (tertiary alicyclic amines) is 1. The number of nitrogens with zero attached hydrogens (tertiary/aromatic N) is 8. The quantitative estimate of drug-likeness (QED) is 0.270. The molecule has 2 saturated heterocycles. The van der Waals surface area contributed by atoms with Crippen LogP contribution in [0.4, 0.5) is 20.2 Å². The minimum Gasteiger partial charge on any atom is -0.373 e. The number of ether oxygens (including phenoxy) is 1. The van der Waals surface area contributed by atoms with E-state index in [1.165, 1.54) is 0 Å². The molecule has 5 heterocycles. The SMILES string of the molecule is CC([C@H]1CN(c2ccc3c(=O)n(CCc4ccc5c(c4)N(C)C(=O)C5(C)C)c(CCc4nncn4C)nc3c2)CCO1)N1CC(F)(F)C1. The highest BCUT2D eigenvalue weighted by molar-refractivity contribution is 6.07. The number of carbonyl (C=O) groups excluding carboxylic acids is 1. The molecule has 0 bridgehead atoms. The third kappa shape index (κ3) is 5.76. The largest absolute Gasteiger partial charge is 0.373 e. The van der Waals surface area contributed by atoms with Crippen molar-refractivity contribution in [2.75, 3.05) is 49.6 Å². The van der Waals surface area contributed by atoms with Crippen molar-refractivity contribution in [2.45, 2.75) is 70.1 Å². The summed E-state index contributed by atoms with van der Waals surface area (Å²) < 4.78 is 36.7. The zero-order valence-corrected chi connectivity index (χ0v) is 28.1. The summed E-state index contributed by atoms with van der Waals surface area (Å²) >= 11 is 0. The molecule has 2 fully saturated rings. The maximum atomic E-state index is 14.1. The van der Waals surface area contributed by atoms with Crippen molar-refractivity contribution in [1.82, 2.24) is 29.2 Å². The van der Waals surface area contributed by atoms with E-state index >= 15 is 0 Å². The van der Waals surface area contributed by atoms with Gasteiger partial charge in [-0.25, -0.2) is 13.8 Å². The lowest BCUT2D eigenvalue weighted by Crippen LogP contribution is -2.64. The molecule has 0 aliphatic carbocycles. The van der Waals surface area contributed by atoms with Crippen LogP contribution in [0.15, 0.2) is 47.5 Å². The molecule has 2 aromatic heterocycles. The van der Waals surface area contributed by atoms with E-state index in [0.29, 0.717) is 62.2 Å². The molecule has 11 nitrogen and oxygen atoms in total. The van der Waals surface area contributed by atoms with Gasteiger partial charge in [-0.15, -0.1) is 10.2 Å². The monoisotopic (exact) mass is 660 g/mol. The molecule has 3 aliphatic rings. The second kappa shape index (κ2) is 12.0. The highest BCUT2D eigenvalue weighted by Gasteiger charge is 2.47. The van der Waals surface area contributed by atoms with E-state index in [2.05, 4.69) is 21.2 Å². The number of hydrogen-bond acceptors (Lipinski definition) is 8. The maximum Gasteiger partial charge on any atom is 0.272 e. The molecule has 254 valence electrons. The Bertz CT molecular complexity index is 1930. The van der Waals surface area contributed by atoms with Gasteiger partial charge in [-0.2, -0.15) is 0 Å². The first-order valence-electron chi connectivity index (χ1n) is 16.6. The van der Waals surface area contributed by atoms with Gasteiger partial charge in [-0.05, 0) is 62.6 Å². The third-order valence-electron chi connectivity index (χ3n) is 10.4. The normalized spacial score (nSPS) is 21.1. The third-order valence-corrected chi connectivity index (χ3v) is 10.4. The van der Waals surface area contributed by atoms with Crippen LogP contribution in [0.3, 0.4) is 0 Å². The topological polar surface area (TPSA) is 102 Å². The highest BCUT2D eigenvalue weighted by atomic mass is 19.3. The lowest BCUT2D eigenvalue weighted by Gasteiger charge is -2.47. The average Bonchev–Trinajstić information content (AvgIpc) is 3.54. The number of benzene rings is 2. The zero-order chi connectivity index (χ0) is 34.0. The molecule has 48 heavy (non-hydrogen) atoms. The number of likely N-dealkylation sites (N-methyl/N-ethyl adjacent to an activating group) is 1. The molecule has 4 aromatic rings. The number of fused-ring (bicyclic) bond motifs is 2. The van der Waals surface area contributed by atoms with Gasteiger partial charge in [-0.3, -0.25) is 19.1 Å². The lowest BCUT2D eigenvalue weighted by molar-refractivity contribution is -0.162. The van der Waals surface area contributed by atoms with Crippen molar-refractivity contribution in [2.24, 2.45) is 7.05 Å². The van der Waals surface area contributed by atoms with Crippen LogP contribution in [0, 0.1) is 0 Å². The summed E-state index contributed by atoms with van der Waals surface area (Å²) in [5, 5.41) is 8.76. The van der Waals surface area contributed by atoms with Gasteiger partial charge in [-0.1, -0.05) is 12.1 Å². The van der Waals surface area contributed by atoms with Crippen LogP contribution >= 0.6 is 0 Å². The summed E-state index contributed by atoms with van der Waals surface area (Å²) in [6, 6.07) is 11.7. The Kier molecular flexibility index (Phi) is 8.10. The van der Waals surface area contributed by atoms with Gasteiger partial charge in [0.05, 0.1) is 42.1 Å². The number of amides is 1. The minimum atomic E-state index is -2.63. The van der Waals surface area contributed by atoms with Gasteiger partial charge in [0.1, 0.15) is 18.0 Å². The first-order chi connectivity index (χ1) is 22.8. The van der Waals surface area contributed by atoms with Gasteiger partial charge in [0.25, 0.3) is 11.5 Å². The first-order valence-corrected chi connectivity index (χ1v) is 16.6. The molecule has 13 heteroatoms. The molecular formula is C35H42F2N8O3.